The summed E-state index contributed by atoms with van der Waals surface area (Å²) in [6.07, 6.45) is 3.74. The number of nitrogens with one attached hydrogen (secondary N) is 2. The molecule has 5 nitrogen and oxygen atoms in total. The van der Waals surface area contributed by atoms with Crippen LogP contribution < -0.4 is 21.5 Å². The Balaban J connectivity index is 1.54. The molecule has 3 rings (SSSR count). The number of anilines is 1. The number of aryl methyl sites for hydroxylation is 2. The Bertz CT molecular complexity index is 777. The van der Waals surface area contributed by atoms with Gasteiger partial charge in [-0.2, -0.15) is 0 Å². The van der Waals surface area contributed by atoms with Gasteiger partial charge in [0.2, 0.25) is 10.9 Å². The number of hydrogen-bond acceptors (Lipinski definition) is 5. The van der Waals surface area contributed by atoms with Crippen molar-refractivity contribution in [2.45, 2.75) is 44.8 Å². The van der Waals surface area contributed by atoms with Gasteiger partial charge < -0.3 is 15.7 Å². The molecule has 0 heterocycles. The fourth-order valence-corrected chi connectivity index (χ4v) is 3.31. The molecule has 1 aliphatic rings. The maximum absolute atomic E-state index is 11.2. The Kier molecular flexibility index (Phi) is 5.11. The van der Waals surface area contributed by atoms with E-state index >= 15 is 0 Å². The molecule has 1 aliphatic carbocycles. The average Bonchev–Trinajstić information content (AvgIpc) is 2.62. The summed E-state index contributed by atoms with van der Waals surface area (Å²) in [5, 5.41) is 16.4. The first-order valence-corrected chi connectivity index (χ1v) is 8.66. The third kappa shape index (κ3) is 3.57. The van der Waals surface area contributed by atoms with Crippen molar-refractivity contribution in [3.63, 3.8) is 0 Å². The molecule has 0 spiro atoms. The summed E-state index contributed by atoms with van der Waals surface area (Å²) in [4.78, 5) is 22.0. The van der Waals surface area contributed by atoms with Gasteiger partial charge in [0.05, 0.1) is 11.8 Å². The van der Waals surface area contributed by atoms with Crippen LogP contribution in [0.1, 0.15) is 42.5 Å². The van der Waals surface area contributed by atoms with E-state index in [0.717, 1.165) is 25.7 Å². The third-order valence-corrected chi connectivity index (χ3v) is 4.80. The van der Waals surface area contributed by atoms with Crippen molar-refractivity contribution in [2.24, 2.45) is 0 Å². The van der Waals surface area contributed by atoms with E-state index in [-0.39, 0.29) is 12.6 Å². The second-order valence-electron chi connectivity index (χ2n) is 6.53. The first-order valence-electron chi connectivity index (χ1n) is 8.66. The molecule has 24 heavy (non-hydrogen) atoms. The second-order valence-corrected chi connectivity index (χ2v) is 6.53. The number of rotatable bonds is 7. The highest BCUT2D eigenvalue weighted by molar-refractivity contribution is 5.47. The van der Waals surface area contributed by atoms with Crippen LogP contribution in [-0.2, 0) is 12.8 Å². The zero-order valence-electron chi connectivity index (χ0n) is 14.0. The molecule has 128 valence electrons. The van der Waals surface area contributed by atoms with E-state index in [1.165, 1.54) is 22.8 Å². The van der Waals surface area contributed by atoms with Crippen LogP contribution >= 0.6 is 0 Å². The number of fused-ring (bicyclic) bond motifs is 1. The first-order chi connectivity index (χ1) is 11.6. The number of aliphatic hydroxyl groups is 1. The van der Waals surface area contributed by atoms with Crippen LogP contribution in [0.4, 0.5) is 5.69 Å². The highest BCUT2D eigenvalue weighted by Gasteiger charge is 2.21. The lowest BCUT2D eigenvalue weighted by molar-refractivity contribution is 0.177. The van der Waals surface area contributed by atoms with Gasteiger partial charge in [-0.1, -0.05) is 25.1 Å². The summed E-state index contributed by atoms with van der Waals surface area (Å²) in [5.41, 5.74) is 3.41. The molecule has 2 aromatic carbocycles. The molecule has 0 fully saturated rings. The van der Waals surface area contributed by atoms with Crippen molar-refractivity contribution in [1.82, 2.24) is 5.32 Å². The Morgan fingerprint density at radius 3 is 2.79 bits per heavy atom. The summed E-state index contributed by atoms with van der Waals surface area (Å²) in [7, 11) is 0. The van der Waals surface area contributed by atoms with Crippen molar-refractivity contribution in [3.8, 4) is 0 Å². The van der Waals surface area contributed by atoms with Gasteiger partial charge in [0.15, 0.2) is 0 Å². The van der Waals surface area contributed by atoms with Gasteiger partial charge in [-0.05, 0) is 42.4 Å². The fourth-order valence-electron chi connectivity index (χ4n) is 3.31. The van der Waals surface area contributed by atoms with Crippen molar-refractivity contribution in [3.05, 3.63) is 61.4 Å². The predicted octanol–water partition coefficient (Wildman–Crippen LogP) is 1.29. The molecular weight excluding hydrogens is 304 g/mol. The van der Waals surface area contributed by atoms with Gasteiger partial charge in [-0.3, -0.25) is 9.59 Å². The predicted molar refractivity (Wildman–Crippen MR) is 95.4 cm³/mol. The van der Waals surface area contributed by atoms with Gasteiger partial charge in [0.25, 0.3) is 0 Å². The van der Waals surface area contributed by atoms with Crippen LogP contribution in [0.3, 0.4) is 0 Å². The molecule has 0 aromatic heterocycles. The van der Waals surface area contributed by atoms with Gasteiger partial charge >= 0.3 is 0 Å². The van der Waals surface area contributed by atoms with Crippen molar-refractivity contribution < 1.29 is 5.11 Å². The SMILES string of the molecule is CCc1ccc2c(c1)C(NCC(O)CNc1cc(=O)c1=O)CCC2. The molecule has 3 N–H and O–H groups in total. The van der Waals surface area contributed by atoms with E-state index < -0.39 is 17.0 Å². The number of benzene rings is 1. The zero-order valence-corrected chi connectivity index (χ0v) is 14.0. The smallest absolute Gasteiger partial charge is 0.248 e. The Morgan fingerprint density at radius 2 is 2.08 bits per heavy atom. The summed E-state index contributed by atoms with van der Waals surface area (Å²) in [6.45, 7) is 2.86. The van der Waals surface area contributed by atoms with Crippen LogP contribution in [0.15, 0.2) is 33.9 Å². The van der Waals surface area contributed by atoms with Crippen LogP contribution in [0.5, 0.6) is 0 Å². The maximum atomic E-state index is 11.2. The Hall–Kier alpha value is -1.98. The Labute approximate surface area is 141 Å². The molecule has 0 saturated heterocycles. The van der Waals surface area contributed by atoms with E-state index in [1.54, 1.807) is 0 Å². The number of aliphatic hydroxyl groups excluding tert-OH is 1. The van der Waals surface area contributed by atoms with Gasteiger partial charge in [0.1, 0.15) is 0 Å². The van der Waals surface area contributed by atoms with Crippen LogP contribution in [0.2, 0.25) is 0 Å². The monoisotopic (exact) mass is 328 g/mol. The van der Waals surface area contributed by atoms with Crippen molar-refractivity contribution in [1.29, 1.82) is 0 Å². The highest BCUT2D eigenvalue weighted by atomic mass is 16.3. The van der Waals surface area contributed by atoms with Crippen LogP contribution in [-0.4, -0.2) is 24.3 Å². The van der Waals surface area contributed by atoms with E-state index in [1.807, 2.05) is 0 Å². The summed E-state index contributed by atoms with van der Waals surface area (Å²) < 4.78 is 0. The highest BCUT2D eigenvalue weighted by Crippen LogP contribution is 2.30. The topological polar surface area (TPSA) is 78.4 Å². The Morgan fingerprint density at radius 1 is 1.25 bits per heavy atom. The summed E-state index contributed by atoms with van der Waals surface area (Å²) in [5.74, 6) is 0. The molecule has 2 aromatic rings. The lowest BCUT2D eigenvalue weighted by Gasteiger charge is -2.28. The van der Waals surface area contributed by atoms with E-state index in [2.05, 4.69) is 35.8 Å². The number of hydrogen-bond donors (Lipinski definition) is 3. The fraction of sp³-hybridized carbons (Fsp3) is 0.474. The molecule has 0 amide bonds. The van der Waals surface area contributed by atoms with Crippen LogP contribution in [0.25, 0.3) is 0 Å². The van der Waals surface area contributed by atoms with Crippen molar-refractivity contribution in [2.75, 3.05) is 18.4 Å². The first kappa shape index (κ1) is 16.9. The molecule has 0 saturated carbocycles. The normalized spacial score (nSPS) is 18.3. The van der Waals surface area contributed by atoms with E-state index in [9.17, 15) is 14.7 Å². The molecular formula is C19H24N2O3. The standard InChI is InChI=1S/C19H24N2O3/c1-2-12-6-7-13-4-3-5-16(15(13)8-12)20-10-14(22)11-21-17-9-18(23)19(17)24/h6-9,14,16,20-22H,2-5,10-11H2,1H3. The molecule has 2 atom stereocenters. The third-order valence-electron chi connectivity index (χ3n) is 4.80. The minimum absolute atomic E-state index is 0.256. The molecule has 2 unspecified atom stereocenters. The second kappa shape index (κ2) is 7.28. The zero-order chi connectivity index (χ0) is 17.1. The van der Waals surface area contributed by atoms with Gasteiger partial charge in [0, 0.05) is 25.2 Å². The molecule has 5 heteroatoms. The quantitative estimate of drug-likeness (QED) is 0.668. The lowest BCUT2D eigenvalue weighted by Crippen LogP contribution is -2.38. The van der Waals surface area contributed by atoms with E-state index in [0.29, 0.717) is 12.2 Å². The lowest BCUT2D eigenvalue weighted by atomic mass is 9.86. The largest absolute Gasteiger partial charge is 0.390 e. The minimum atomic E-state index is -0.617. The molecule has 0 aliphatic heterocycles. The molecule has 0 radical (unpaired) electrons. The molecule has 0 bridgehead atoms. The minimum Gasteiger partial charge on any atom is -0.390 e. The van der Waals surface area contributed by atoms with E-state index in [4.69, 9.17) is 0 Å². The van der Waals surface area contributed by atoms with Gasteiger partial charge in [-0.15, -0.1) is 0 Å². The van der Waals surface area contributed by atoms with Gasteiger partial charge in [-0.25, -0.2) is 0 Å². The summed E-state index contributed by atoms with van der Waals surface area (Å²) in [6, 6.07) is 8.24. The average molecular weight is 328 g/mol. The maximum Gasteiger partial charge on any atom is 0.248 e. The van der Waals surface area contributed by atoms with Crippen LogP contribution in [0, 0.1) is 0 Å². The summed E-state index contributed by atoms with van der Waals surface area (Å²) >= 11 is 0. The van der Waals surface area contributed by atoms with Crippen molar-refractivity contribution >= 4 is 5.69 Å².